The fourth-order valence-corrected chi connectivity index (χ4v) is 3.44. The van der Waals surface area contributed by atoms with Crippen LogP contribution in [0.3, 0.4) is 0 Å². The van der Waals surface area contributed by atoms with Crippen LogP contribution in [-0.2, 0) is 6.42 Å². The molecule has 2 aromatic heterocycles. The highest BCUT2D eigenvalue weighted by molar-refractivity contribution is 7.17. The first kappa shape index (κ1) is 12.8. The van der Waals surface area contributed by atoms with Crippen molar-refractivity contribution < 1.29 is 4.79 Å². The maximum Gasteiger partial charge on any atom is 0.175 e. The van der Waals surface area contributed by atoms with Gasteiger partial charge in [-0.1, -0.05) is 25.4 Å². The Balaban J connectivity index is 2.03. The van der Waals surface area contributed by atoms with Crippen LogP contribution in [0.1, 0.15) is 35.6 Å². The van der Waals surface area contributed by atoms with E-state index in [1.165, 1.54) is 11.3 Å². The molecule has 5 heteroatoms. The molecule has 0 amide bonds. The molecule has 0 radical (unpaired) electrons. The zero-order valence-corrected chi connectivity index (χ0v) is 12.3. The Bertz CT molecular complexity index is 646. The molecule has 2 aromatic rings. The molecule has 0 atom stereocenters. The summed E-state index contributed by atoms with van der Waals surface area (Å²) in [5, 5.41) is 1.40. The van der Waals surface area contributed by atoms with Gasteiger partial charge in [0.05, 0.1) is 21.3 Å². The van der Waals surface area contributed by atoms with Crippen LogP contribution >= 0.6 is 22.9 Å². The van der Waals surface area contributed by atoms with Gasteiger partial charge in [0, 0.05) is 12.6 Å². The van der Waals surface area contributed by atoms with Gasteiger partial charge < -0.3 is 0 Å². The van der Waals surface area contributed by atoms with Gasteiger partial charge in [-0.15, -0.1) is 11.3 Å². The summed E-state index contributed by atoms with van der Waals surface area (Å²) in [7, 11) is 0. The Morgan fingerprint density at radius 2 is 2.11 bits per heavy atom. The topological polar surface area (TPSA) is 42.9 Å². The number of Topliss-reactive ketones (excluding diaryl/α,β-unsaturated/α-hetero) is 1. The van der Waals surface area contributed by atoms with Crippen molar-refractivity contribution in [2.45, 2.75) is 26.7 Å². The van der Waals surface area contributed by atoms with Crippen molar-refractivity contribution in [3.63, 3.8) is 0 Å². The molecule has 98 valence electrons. The van der Waals surface area contributed by atoms with Gasteiger partial charge in [0.1, 0.15) is 5.01 Å². The first-order valence-corrected chi connectivity index (χ1v) is 7.29. The summed E-state index contributed by atoms with van der Waals surface area (Å²) in [5.41, 5.74) is 1.69. The van der Waals surface area contributed by atoms with E-state index < -0.39 is 0 Å². The fourth-order valence-electron chi connectivity index (χ4n) is 2.33. The fraction of sp³-hybridized carbons (Fsp3) is 0.357. The van der Waals surface area contributed by atoms with Crippen molar-refractivity contribution >= 4 is 28.7 Å². The normalized spacial score (nSPS) is 17.3. The van der Waals surface area contributed by atoms with Crippen LogP contribution in [0.15, 0.2) is 18.3 Å². The third kappa shape index (κ3) is 2.42. The summed E-state index contributed by atoms with van der Waals surface area (Å²) in [5.74, 6) is 0.198. The number of rotatable bonds is 1. The second kappa shape index (κ2) is 4.39. The molecular formula is C14H13ClN2OS. The van der Waals surface area contributed by atoms with Crippen molar-refractivity contribution in [2.24, 2.45) is 5.41 Å². The molecule has 2 heterocycles. The molecular weight excluding hydrogens is 280 g/mol. The minimum absolute atomic E-state index is 0.00283. The Morgan fingerprint density at radius 1 is 1.32 bits per heavy atom. The number of pyridine rings is 1. The maximum absolute atomic E-state index is 12.1. The molecule has 0 aliphatic heterocycles. The van der Waals surface area contributed by atoms with Crippen LogP contribution in [0.2, 0.25) is 5.02 Å². The average molecular weight is 293 g/mol. The molecule has 1 aliphatic carbocycles. The molecule has 3 nitrogen and oxygen atoms in total. The predicted molar refractivity (Wildman–Crippen MR) is 76.8 cm³/mol. The highest BCUT2D eigenvalue weighted by Crippen LogP contribution is 2.39. The number of carbonyl (C=O) groups is 1. The van der Waals surface area contributed by atoms with Crippen LogP contribution in [0.25, 0.3) is 10.7 Å². The number of ketones is 1. The van der Waals surface area contributed by atoms with Gasteiger partial charge in [0.25, 0.3) is 0 Å². The second-order valence-corrected chi connectivity index (χ2v) is 7.03. The summed E-state index contributed by atoms with van der Waals surface area (Å²) in [6.07, 6.45) is 3.04. The Hall–Kier alpha value is -1.26. The van der Waals surface area contributed by atoms with E-state index in [1.54, 1.807) is 12.3 Å². The summed E-state index contributed by atoms with van der Waals surface area (Å²) in [4.78, 5) is 21.8. The highest BCUT2D eigenvalue weighted by atomic mass is 35.5. The van der Waals surface area contributed by atoms with Gasteiger partial charge in [0.2, 0.25) is 0 Å². The van der Waals surface area contributed by atoms with Gasteiger partial charge in [-0.3, -0.25) is 9.78 Å². The van der Waals surface area contributed by atoms with E-state index in [-0.39, 0.29) is 11.2 Å². The summed E-state index contributed by atoms with van der Waals surface area (Å²) in [6.45, 7) is 4.21. The van der Waals surface area contributed by atoms with Gasteiger partial charge in [-0.2, -0.15) is 0 Å². The molecule has 0 N–H and O–H groups in total. The number of aromatic nitrogens is 2. The lowest BCUT2D eigenvalue weighted by atomic mass is 9.78. The van der Waals surface area contributed by atoms with Crippen molar-refractivity contribution in [1.82, 2.24) is 9.97 Å². The van der Waals surface area contributed by atoms with Gasteiger partial charge in [0.15, 0.2) is 5.78 Å². The minimum atomic E-state index is 0.00283. The number of nitrogens with zero attached hydrogens (tertiary/aromatic N) is 2. The average Bonchev–Trinajstić information content (AvgIpc) is 2.72. The number of hydrogen-bond donors (Lipinski definition) is 0. The van der Waals surface area contributed by atoms with E-state index in [9.17, 15) is 4.79 Å². The number of thiazole rings is 1. The zero-order chi connectivity index (χ0) is 13.6. The van der Waals surface area contributed by atoms with Gasteiger partial charge >= 0.3 is 0 Å². The smallest absolute Gasteiger partial charge is 0.175 e. The number of hydrogen-bond acceptors (Lipinski definition) is 4. The van der Waals surface area contributed by atoms with Crippen molar-refractivity contribution in [3.05, 3.63) is 33.9 Å². The molecule has 0 bridgehead atoms. The van der Waals surface area contributed by atoms with Crippen LogP contribution in [-0.4, -0.2) is 15.8 Å². The SMILES string of the molecule is CC1(C)CC(=O)c2sc(-c3ccc(Cl)cn3)nc2C1. The van der Waals surface area contributed by atoms with Crippen molar-refractivity contribution in [2.75, 3.05) is 0 Å². The molecule has 0 saturated heterocycles. The summed E-state index contributed by atoms with van der Waals surface area (Å²) in [6, 6.07) is 3.62. The van der Waals surface area contributed by atoms with E-state index >= 15 is 0 Å². The lowest BCUT2D eigenvalue weighted by Gasteiger charge is -2.26. The van der Waals surface area contributed by atoms with E-state index in [1.807, 2.05) is 6.07 Å². The summed E-state index contributed by atoms with van der Waals surface area (Å²) < 4.78 is 0. The van der Waals surface area contributed by atoms with E-state index in [0.717, 1.165) is 27.7 Å². The first-order valence-electron chi connectivity index (χ1n) is 6.09. The third-order valence-corrected chi connectivity index (χ3v) is 4.57. The summed E-state index contributed by atoms with van der Waals surface area (Å²) >= 11 is 7.26. The maximum atomic E-state index is 12.1. The van der Waals surface area contributed by atoms with Crippen LogP contribution in [0, 0.1) is 5.41 Å². The Kier molecular flexibility index (Phi) is 2.95. The van der Waals surface area contributed by atoms with Crippen molar-refractivity contribution in [1.29, 1.82) is 0 Å². The number of fused-ring (bicyclic) bond motifs is 1. The zero-order valence-electron chi connectivity index (χ0n) is 10.7. The highest BCUT2D eigenvalue weighted by Gasteiger charge is 2.34. The van der Waals surface area contributed by atoms with Crippen LogP contribution < -0.4 is 0 Å². The van der Waals surface area contributed by atoms with E-state index in [2.05, 4.69) is 23.8 Å². The second-order valence-electron chi connectivity index (χ2n) is 5.60. The molecule has 0 spiro atoms. The molecule has 0 fully saturated rings. The molecule has 3 rings (SSSR count). The molecule has 0 saturated carbocycles. The quantitative estimate of drug-likeness (QED) is 0.797. The molecule has 0 unspecified atom stereocenters. The molecule has 19 heavy (non-hydrogen) atoms. The van der Waals surface area contributed by atoms with Crippen LogP contribution in [0.4, 0.5) is 0 Å². The third-order valence-electron chi connectivity index (χ3n) is 3.18. The number of carbonyl (C=O) groups excluding carboxylic acids is 1. The largest absolute Gasteiger partial charge is 0.293 e. The van der Waals surface area contributed by atoms with E-state index in [4.69, 9.17) is 11.6 Å². The molecule has 1 aliphatic rings. The number of halogens is 1. The lowest BCUT2D eigenvalue weighted by Crippen LogP contribution is -2.25. The van der Waals surface area contributed by atoms with Crippen LogP contribution in [0.5, 0.6) is 0 Å². The predicted octanol–water partition coefficient (Wildman–Crippen LogP) is 4.01. The standard InChI is InChI=1S/C14H13ClN2OS/c1-14(2)5-10-12(11(18)6-14)19-13(17-10)9-4-3-8(15)7-16-9/h3-4,7H,5-6H2,1-2H3. The van der Waals surface area contributed by atoms with Gasteiger partial charge in [-0.25, -0.2) is 4.98 Å². The van der Waals surface area contributed by atoms with Gasteiger partial charge in [-0.05, 0) is 24.0 Å². The molecule has 0 aromatic carbocycles. The van der Waals surface area contributed by atoms with Crippen molar-refractivity contribution in [3.8, 4) is 10.7 Å². The Labute approximate surface area is 120 Å². The first-order chi connectivity index (χ1) is 8.94. The monoisotopic (exact) mass is 292 g/mol. The minimum Gasteiger partial charge on any atom is -0.293 e. The lowest BCUT2D eigenvalue weighted by molar-refractivity contribution is 0.0916. The Morgan fingerprint density at radius 3 is 2.79 bits per heavy atom. The van der Waals surface area contributed by atoms with E-state index in [0.29, 0.717) is 11.4 Å².